The van der Waals surface area contributed by atoms with Gasteiger partial charge in [-0.15, -0.1) is 0 Å². The lowest BCUT2D eigenvalue weighted by atomic mass is 10.0. The number of hydrogen-bond acceptors (Lipinski definition) is 3. The Morgan fingerprint density at radius 1 is 1.47 bits per heavy atom. The van der Waals surface area contributed by atoms with Crippen LogP contribution >= 0.6 is 0 Å². The van der Waals surface area contributed by atoms with Gasteiger partial charge in [0.05, 0.1) is 11.9 Å². The van der Waals surface area contributed by atoms with Crippen molar-refractivity contribution in [2.45, 2.75) is 33.2 Å². The Balaban J connectivity index is 2.59. The molecule has 1 rings (SSSR count). The van der Waals surface area contributed by atoms with E-state index in [1.807, 2.05) is 13.8 Å². The van der Waals surface area contributed by atoms with E-state index in [4.69, 9.17) is 5.11 Å². The first kappa shape index (κ1) is 13.2. The molecule has 1 heterocycles. The minimum atomic E-state index is -0.967. The number of hydrogen-bond donors (Lipinski definition) is 2. The van der Waals surface area contributed by atoms with Crippen LogP contribution in [0, 0.1) is 5.92 Å². The SMILES string of the molecule is CCC(CC)C(=O)Nc1cnn(CC(=O)O)c1. The van der Waals surface area contributed by atoms with Gasteiger partial charge in [0, 0.05) is 12.1 Å². The van der Waals surface area contributed by atoms with Gasteiger partial charge in [-0.05, 0) is 12.8 Å². The molecule has 1 aromatic rings. The van der Waals surface area contributed by atoms with E-state index in [-0.39, 0.29) is 18.4 Å². The predicted molar refractivity (Wildman–Crippen MR) is 62.6 cm³/mol. The van der Waals surface area contributed by atoms with Gasteiger partial charge in [-0.2, -0.15) is 5.10 Å². The van der Waals surface area contributed by atoms with E-state index in [1.165, 1.54) is 17.1 Å². The van der Waals surface area contributed by atoms with Crippen LogP contribution in [-0.2, 0) is 16.1 Å². The van der Waals surface area contributed by atoms with Crippen molar-refractivity contribution in [2.24, 2.45) is 5.92 Å². The first-order valence-electron chi connectivity index (χ1n) is 5.61. The van der Waals surface area contributed by atoms with Gasteiger partial charge in [-0.3, -0.25) is 14.3 Å². The molecule has 2 N–H and O–H groups in total. The van der Waals surface area contributed by atoms with E-state index in [9.17, 15) is 9.59 Å². The summed E-state index contributed by atoms with van der Waals surface area (Å²) in [5, 5.41) is 15.1. The third kappa shape index (κ3) is 3.90. The molecule has 1 amide bonds. The van der Waals surface area contributed by atoms with Crippen molar-refractivity contribution in [1.82, 2.24) is 9.78 Å². The fraction of sp³-hybridized carbons (Fsp3) is 0.545. The number of carboxylic acids is 1. The number of anilines is 1. The van der Waals surface area contributed by atoms with Gasteiger partial charge < -0.3 is 10.4 Å². The van der Waals surface area contributed by atoms with Gasteiger partial charge in [-0.1, -0.05) is 13.8 Å². The summed E-state index contributed by atoms with van der Waals surface area (Å²) in [6.07, 6.45) is 4.52. The first-order chi connectivity index (χ1) is 8.06. The van der Waals surface area contributed by atoms with Crippen molar-refractivity contribution < 1.29 is 14.7 Å². The summed E-state index contributed by atoms with van der Waals surface area (Å²) in [6, 6.07) is 0. The van der Waals surface area contributed by atoms with E-state index < -0.39 is 5.97 Å². The lowest BCUT2D eigenvalue weighted by molar-refractivity contribution is -0.137. The second-order valence-electron chi connectivity index (χ2n) is 3.82. The van der Waals surface area contributed by atoms with Crippen molar-refractivity contribution in [1.29, 1.82) is 0 Å². The Hall–Kier alpha value is -1.85. The van der Waals surface area contributed by atoms with Crippen LogP contribution in [0.4, 0.5) is 5.69 Å². The summed E-state index contributed by atoms with van der Waals surface area (Å²) in [6.45, 7) is 3.71. The Labute approximate surface area is 99.6 Å². The van der Waals surface area contributed by atoms with Crippen molar-refractivity contribution in [2.75, 3.05) is 5.32 Å². The van der Waals surface area contributed by atoms with E-state index in [0.29, 0.717) is 5.69 Å². The van der Waals surface area contributed by atoms with Crippen molar-refractivity contribution in [3.8, 4) is 0 Å². The zero-order valence-electron chi connectivity index (χ0n) is 10.0. The largest absolute Gasteiger partial charge is 0.480 e. The molecule has 0 bridgehead atoms. The normalized spacial score (nSPS) is 10.5. The molecule has 0 saturated heterocycles. The molecule has 17 heavy (non-hydrogen) atoms. The molecule has 0 unspecified atom stereocenters. The minimum Gasteiger partial charge on any atom is -0.480 e. The molecular formula is C11H17N3O3. The third-order valence-corrected chi connectivity index (χ3v) is 2.55. The summed E-state index contributed by atoms with van der Waals surface area (Å²) in [4.78, 5) is 22.2. The van der Waals surface area contributed by atoms with Gasteiger partial charge in [0.2, 0.25) is 5.91 Å². The molecule has 0 spiro atoms. The Kier molecular flexibility index (Phi) is 4.68. The quantitative estimate of drug-likeness (QED) is 0.784. The maximum absolute atomic E-state index is 11.7. The molecule has 94 valence electrons. The number of carbonyl (C=O) groups is 2. The number of carboxylic acid groups (broad SMARTS) is 1. The smallest absolute Gasteiger partial charge is 0.325 e. The lowest BCUT2D eigenvalue weighted by Gasteiger charge is -2.10. The molecule has 0 aliphatic carbocycles. The predicted octanol–water partition coefficient (Wildman–Crippen LogP) is 1.34. The molecule has 0 radical (unpaired) electrons. The fourth-order valence-corrected chi connectivity index (χ4v) is 1.56. The van der Waals surface area contributed by atoms with Crippen LogP contribution in [0.1, 0.15) is 26.7 Å². The number of nitrogens with one attached hydrogen (secondary N) is 1. The molecule has 6 nitrogen and oxygen atoms in total. The Bertz CT molecular complexity index is 396. The monoisotopic (exact) mass is 239 g/mol. The van der Waals surface area contributed by atoms with Gasteiger partial charge >= 0.3 is 5.97 Å². The maximum atomic E-state index is 11.7. The number of aliphatic carboxylic acids is 1. The summed E-state index contributed by atoms with van der Waals surface area (Å²) in [5.41, 5.74) is 0.531. The molecular weight excluding hydrogens is 222 g/mol. The van der Waals surface area contributed by atoms with Crippen LogP contribution in [-0.4, -0.2) is 26.8 Å². The van der Waals surface area contributed by atoms with E-state index in [1.54, 1.807) is 0 Å². The topological polar surface area (TPSA) is 84.2 Å². The zero-order chi connectivity index (χ0) is 12.8. The van der Waals surface area contributed by atoms with Crippen molar-refractivity contribution >= 4 is 17.6 Å². The van der Waals surface area contributed by atoms with Crippen LogP contribution in [0.2, 0.25) is 0 Å². The molecule has 0 atom stereocenters. The molecule has 1 aromatic heterocycles. The van der Waals surface area contributed by atoms with Crippen molar-refractivity contribution in [3.63, 3.8) is 0 Å². The molecule has 0 fully saturated rings. The summed E-state index contributed by atoms with van der Waals surface area (Å²) < 4.78 is 1.27. The van der Waals surface area contributed by atoms with Crippen LogP contribution in [0.25, 0.3) is 0 Å². The number of nitrogens with zero attached hydrogens (tertiary/aromatic N) is 2. The molecule has 6 heteroatoms. The molecule has 0 aliphatic rings. The highest BCUT2D eigenvalue weighted by molar-refractivity contribution is 5.92. The average Bonchev–Trinajstić information content (AvgIpc) is 2.66. The average molecular weight is 239 g/mol. The van der Waals surface area contributed by atoms with E-state index in [0.717, 1.165) is 12.8 Å². The summed E-state index contributed by atoms with van der Waals surface area (Å²) in [5.74, 6) is -1.03. The van der Waals surface area contributed by atoms with Crippen molar-refractivity contribution in [3.05, 3.63) is 12.4 Å². The molecule has 0 aliphatic heterocycles. The van der Waals surface area contributed by atoms with Crippen LogP contribution in [0.15, 0.2) is 12.4 Å². The number of carbonyl (C=O) groups excluding carboxylic acids is 1. The molecule has 0 saturated carbocycles. The second-order valence-corrected chi connectivity index (χ2v) is 3.82. The van der Waals surface area contributed by atoms with Crippen LogP contribution in [0.5, 0.6) is 0 Å². The number of aromatic nitrogens is 2. The highest BCUT2D eigenvalue weighted by atomic mass is 16.4. The highest BCUT2D eigenvalue weighted by Crippen LogP contribution is 2.12. The van der Waals surface area contributed by atoms with Crippen LogP contribution in [0.3, 0.4) is 0 Å². The van der Waals surface area contributed by atoms with E-state index in [2.05, 4.69) is 10.4 Å². The standard InChI is InChI=1S/C11H17N3O3/c1-3-8(4-2)11(17)13-9-5-12-14(6-9)7-10(15)16/h5-6,8H,3-4,7H2,1-2H3,(H,13,17)(H,15,16). The maximum Gasteiger partial charge on any atom is 0.325 e. The fourth-order valence-electron chi connectivity index (χ4n) is 1.56. The zero-order valence-corrected chi connectivity index (χ0v) is 10.0. The third-order valence-electron chi connectivity index (χ3n) is 2.55. The number of amides is 1. The molecule has 0 aromatic carbocycles. The summed E-state index contributed by atoms with van der Waals surface area (Å²) >= 11 is 0. The van der Waals surface area contributed by atoms with Crippen LogP contribution < -0.4 is 5.32 Å². The van der Waals surface area contributed by atoms with Gasteiger partial charge in [0.25, 0.3) is 0 Å². The highest BCUT2D eigenvalue weighted by Gasteiger charge is 2.14. The summed E-state index contributed by atoms with van der Waals surface area (Å²) in [7, 11) is 0. The van der Waals surface area contributed by atoms with Gasteiger partial charge in [-0.25, -0.2) is 0 Å². The Morgan fingerprint density at radius 2 is 2.12 bits per heavy atom. The second kappa shape index (κ2) is 6.03. The van der Waals surface area contributed by atoms with E-state index >= 15 is 0 Å². The van der Waals surface area contributed by atoms with Gasteiger partial charge in [0.15, 0.2) is 0 Å². The lowest BCUT2D eigenvalue weighted by Crippen LogP contribution is -2.21. The van der Waals surface area contributed by atoms with Gasteiger partial charge in [0.1, 0.15) is 6.54 Å². The Morgan fingerprint density at radius 3 is 2.65 bits per heavy atom. The number of rotatable bonds is 6. The minimum absolute atomic E-state index is 0.0159. The first-order valence-corrected chi connectivity index (χ1v) is 5.61.